The molecule has 0 aliphatic carbocycles. The van der Waals surface area contributed by atoms with Crippen LogP contribution < -0.4 is 20.1 Å². The summed E-state index contributed by atoms with van der Waals surface area (Å²) >= 11 is 0. The summed E-state index contributed by atoms with van der Waals surface area (Å²) in [6.45, 7) is 6.20. The number of hydrogen-bond acceptors (Lipinski definition) is 4. The van der Waals surface area contributed by atoms with Crippen molar-refractivity contribution in [3.8, 4) is 11.5 Å². The molecule has 0 fully saturated rings. The van der Waals surface area contributed by atoms with Crippen molar-refractivity contribution < 1.29 is 14.3 Å². The Labute approximate surface area is 139 Å². The van der Waals surface area contributed by atoms with Crippen LogP contribution in [-0.2, 0) is 4.79 Å². The molecule has 22 heavy (non-hydrogen) atoms. The second-order valence-corrected chi connectivity index (χ2v) is 4.89. The molecule has 0 spiro atoms. The Morgan fingerprint density at radius 3 is 2.45 bits per heavy atom. The molecule has 5 nitrogen and oxygen atoms in total. The molecule has 0 heterocycles. The predicted octanol–water partition coefficient (Wildman–Crippen LogP) is 2.39. The van der Waals surface area contributed by atoms with Crippen LogP contribution in [0.4, 0.5) is 0 Å². The Balaban J connectivity index is 0.00000441. The standard InChI is InChI=1S/C16H26N2O3.ClH/c1-4-17-13(2)12-18-16(19)6-5-11-21-15-9-7-14(20-3)8-10-15;/h7-10,13,17H,4-6,11-12H2,1-3H3,(H,18,19);1H/t13-;/m1./s1. The Kier molecular flexibility index (Phi) is 11.3. The fourth-order valence-electron chi connectivity index (χ4n) is 1.87. The molecule has 2 N–H and O–H groups in total. The molecule has 0 bridgehead atoms. The van der Waals surface area contributed by atoms with Crippen molar-refractivity contribution in [2.75, 3.05) is 26.8 Å². The summed E-state index contributed by atoms with van der Waals surface area (Å²) in [5.41, 5.74) is 0. The normalized spacial score (nSPS) is 11.2. The van der Waals surface area contributed by atoms with E-state index in [2.05, 4.69) is 24.5 Å². The van der Waals surface area contributed by atoms with Crippen molar-refractivity contribution in [2.45, 2.75) is 32.7 Å². The summed E-state index contributed by atoms with van der Waals surface area (Å²) in [7, 11) is 1.63. The molecule has 0 radical (unpaired) electrons. The van der Waals surface area contributed by atoms with Gasteiger partial charge in [0.1, 0.15) is 11.5 Å². The van der Waals surface area contributed by atoms with Crippen LogP contribution in [0.15, 0.2) is 24.3 Å². The monoisotopic (exact) mass is 330 g/mol. The number of methoxy groups -OCH3 is 1. The zero-order chi connectivity index (χ0) is 15.5. The number of hydrogen-bond donors (Lipinski definition) is 2. The molecule has 126 valence electrons. The quantitative estimate of drug-likeness (QED) is 0.647. The molecule has 1 rings (SSSR count). The van der Waals surface area contributed by atoms with E-state index >= 15 is 0 Å². The first-order chi connectivity index (χ1) is 10.2. The summed E-state index contributed by atoms with van der Waals surface area (Å²) in [6, 6.07) is 7.72. The Hall–Kier alpha value is -1.46. The minimum Gasteiger partial charge on any atom is -0.497 e. The number of halogens is 1. The maximum Gasteiger partial charge on any atom is 0.220 e. The van der Waals surface area contributed by atoms with Crippen LogP contribution in [-0.4, -0.2) is 38.8 Å². The molecule has 6 heteroatoms. The van der Waals surface area contributed by atoms with Gasteiger partial charge < -0.3 is 20.1 Å². The van der Waals surface area contributed by atoms with Crippen molar-refractivity contribution in [1.29, 1.82) is 0 Å². The first-order valence-corrected chi connectivity index (χ1v) is 7.42. The van der Waals surface area contributed by atoms with E-state index in [1.54, 1.807) is 7.11 Å². The van der Waals surface area contributed by atoms with E-state index < -0.39 is 0 Å². The molecule has 0 aromatic heterocycles. The third kappa shape index (κ3) is 8.74. The Morgan fingerprint density at radius 2 is 1.86 bits per heavy atom. The highest BCUT2D eigenvalue weighted by molar-refractivity contribution is 5.85. The van der Waals surface area contributed by atoms with Crippen LogP contribution in [0.2, 0.25) is 0 Å². The predicted molar refractivity (Wildman–Crippen MR) is 91.1 cm³/mol. The summed E-state index contributed by atoms with van der Waals surface area (Å²) in [5.74, 6) is 1.66. The van der Waals surface area contributed by atoms with Gasteiger partial charge >= 0.3 is 0 Å². The molecular formula is C16H27ClN2O3. The van der Waals surface area contributed by atoms with Gasteiger partial charge in [0.05, 0.1) is 13.7 Å². The summed E-state index contributed by atoms with van der Waals surface area (Å²) in [5, 5.41) is 6.16. The first-order valence-electron chi connectivity index (χ1n) is 7.42. The third-order valence-electron chi connectivity index (χ3n) is 3.03. The maximum atomic E-state index is 11.6. The lowest BCUT2D eigenvalue weighted by Gasteiger charge is -2.13. The molecule has 0 aliphatic rings. The molecule has 0 unspecified atom stereocenters. The molecule has 1 aromatic rings. The van der Waals surface area contributed by atoms with Gasteiger partial charge in [0.15, 0.2) is 0 Å². The van der Waals surface area contributed by atoms with E-state index in [1.807, 2.05) is 24.3 Å². The van der Waals surface area contributed by atoms with Crippen molar-refractivity contribution in [3.63, 3.8) is 0 Å². The average Bonchev–Trinajstić information content (AvgIpc) is 2.50. The first kappa shape index (κ1) is 20.5. The molecule has 1 atom stereocenters. The van der Waals surface area contributed by atoms with Gasteiger partial charge in [-0.15, -0.1) is 12.4 Å². The highest BCUT2D eigenvalue weighted by Gasteiger charge is 2.04. The van der Waals surface area contributed by atoms with Gasteiger partial charge in [0.25, 0.3) is 0 Å². The van der Waals surface area contributed by atoms with Crippen LogP contribution in [0, 0.1) is 0 Å². The number of carbonyl (C=O) groups is 1. The van der Waals surface area contributed by atoms with Gasteiger partial charge in [0, 0.05) is 19.0 Å². The number of rotatable bonds is 10. The molecule has 1 amide bonds. The largest absolute Gasteiger partial charge is 0.497 e. The second kappa shape index (κ2) is 12.1. The van der Waals surface area contributed by atoms with E-state index in [4.69, 9.17) is 9.47 Å². The van der Waals surface area contributed by atoms with E-state index in [1.165, 1.54) is 0 Å². The SMILES string of the molecule is CCN[C@H](C)CNC(=O)CCCOc1ccc(OC)cc1.Cl. The summed E-state index contributed by atoms with van der Waals surface area (Å²) in [4.78, 5) is 11.6. The molecule has 0 saturated carbocycles. The molecule has 0 saturated heterocycles. The van der Waals surface area contributed by atoms with E-state index in [-0.39, 0.29) is 18.3 Å². The van der Waals surface area contributed by atoms with E-state index in [9.17, 15) is 4.79 Å². The summed E-state index contributed by atoms with van der Waals surface area (Å²) < 4.78 is 10.6. The van der Waals surface area contributed by atoms with Crippen molar-refractivity contribution >= 4 is 18.3 Å². The van der Waals surface area contributed by atoms with Gasteiger partial charge in [-0.05, 0) is 44.2 Å². The lowest BCUT2D eigenvalue weighted by Crippen LogP contribution is -2.38. The van der Waals surface area contributed by atoms with Crippen molar-refractivity contribution in [3.05, 3.63) is 24.3 Å². The van der Waals surface area contributed by atoms with Crippen LogP contribution >= 0.6 is 12.4 Å². The number of ether oxygens (including phenoxy) is 2. The molecule has 0 aliphatic heterocycles. The fourth-order valence-corrected chi connectivity index (χ4v) is 1.87. The lowest BCUT2D eigenvalue weighted by atomic mass is 10.3. The third-order valence-corrected chi connectivity index (χ3v) is 3.03. The van der Waals surface area contributed by atoms with Crippen molar-refractivity contribution in [2.24, 2.45) is 0 Å². The number of benzene rings is 1. The van der Waals surface area contributed by atoms with Gasteiger partial charge in [0.2, 0.25) is 5.91 Å². The molecule has 1 aromatic carbocycles. The van der Waals surface area contributed by atoms with Crippen LogP contribution in [0.1, 0.15) is 26.7 Å². The fraction of sp³-hybridized carbons (Fsp3) is 0.562. The number of carbonyl (C=O) groups excluding carboxylic acids is 1. The van der Waals surface area contributed by atoms with Crippen LogP contribution in [0.3, 0.4) is 0 Å². The highest BCUT2D eigenvalue weighted by atomic mass is 35.5. The number of nitrogens with one attached hydrogen (secondary N) is 2. The minimum absolute atomic E-state index is 0. The Bertz CT molecular complexity index is 412. The van der Waals surface area contributed by atoms with Gasteiger partial charge in [-0.25, -0.2) is 0 Å². The second-order valence-electron chi connectivity index (χ2n) is 4.89. The zero-order valence-corrected chi connectivity index (χ0v) is 14.4. The van der Waals surface area contributed by atoms with Crippen LogP contribution in [0.5, 0.6) is 11.5 Å². The zero-order valence-electron chi connectivity index (χ0n) is 13.6. The number of amides is 1. The van der Waals surface area contributed by atoms with Crippen LogP contribution in [0.25, 0.3) is 0 Å². The maximum absolute atomic E-state index is 11.6. The van der Waals surface area contributed by atoms with Gasteiger partial charge in [-0.2, -0.15) is 0 Å². The highest BCUT2D eigenvalue weighted by Crippen LogP contribution is 2.17. The van der Waals surface area contributed by atoms with Gasteiger partial charge in [-0.3, -0.25) is 4.79 Å². The summed E-state index contributed by atoms with van der Waals surface area (Å²) in [6.07, 6.45) is 1.18. The number of likely N-dealkylation sites (N-methyl/N-ethyl adjacent to an activating group) is 1. The minimum atomic E-state index is 0. The van der Waals surface area contributed by atoms with Gasteiger partial charge in [-0.1, -0.05) is 6.92 Å². The Morgan fingerprint density at radius 1 is 1.23 bits per heavy atom. The molecular weight excluding hydrogens is 304 g/mol. The smallest absolute Gasteiger partial charge is 0.220 e. The van der Waals surface area contributed by atoms with Crippen molar-refractivity contribution in [1.82, 2.24) is 10.6 Å². The topological polar surface area (TPSA) is 59.6 Å². The average molecular weight is 331 g/mol. The lowest BCUT2D eigenvalue weighted by molar-refractivity contribution is -0.121. The van der Waals surface area contributed by atoms with E-state index in [0.29, 0.717) is 32.0 Å². The van der Waals surface area contributed by atoms with E-state index in [0.717, 1.165) is 18.0 Å².